The second-order valence-electron chi connectivity index (χ2n) is 5.76. The zero-order valence-corrected chi connectivity index (χ0v) is 15.9. The van der Waals surface area contributed by atoms with Crippen LogP contribution in [0.15, 0.2) is 29.8 Å². The molecule has 0 aliphatic rings. The van der Waals surface area contributed by atoms with Gasteiger partial charge >= 0.3 is 0 Å². The molecular formula is C17H16N6OS2. The molecule has 1 amide bonds. The van der Waals surface area contributed by atoms with Crippen molar-refractivity contribution < 1.29 is 4.79 Å². The van der Waals surface area contributed by atoms with Gasteiger partial charge in [-0.15, -0.1) is 27.8 Å². The summed E-state index contributed by atoms with van der Waals surface area (Å²) in [6, 6.07) is 5.98. The number of carbonyl (C=O) groups excluding carboxylic acids is 1. The van der Waals surface area contributed by atoms with E-state index in [4.69, 9.17) is 0 Å². The highest BCUT2D eigenvalue weighted by atomic mass is 32.1. The predicted molar refractivity (Wildman–Crippen MR) is 102 cm³/mol. The summed E-state index contributed by atoms with van der Waals surface area (Å²) in [5.41, 5.74) is 1.90. The monoisotopic (exact) mass is 384 g/mol. The van der Waals surface area contributed by atoms with Crippen LogP contribution >= 0.6 is 22.7 Å². The molecule has 0 fully saturated rings. The molecular weight excluding hydrogens is 368 g/mol. The number of carbonyl (C=O) groups is 1. The number of rotatable bonds is 5. The van der Waals surface area contributed by atoms with Gasteiger partial charge in [-0.3, -0.25) is 4.79 Å². The molecule has 0 saturated heterocycles. The van der Waals surface area contributed by atoms with E-state index in [0.717, 1.165) is 27.7 Å². The van der Waals surface area contributed by atoms with Crippen LogP contribution in [0.1, 0.15) is 26.2 Å². The molecule has 1 N–H and O–H groups in total. The van der Waals surface area contributed by atoms with Gasteiger partial charge in [0.15, 0.2) is 0 Å². The van der Waals surface area contributed by atoms with E-state index in [1.165, 1.54) is 4.88 Å². The highest BCUT2D eigenvalue weighted by Crippen LogP contribution is 2.29. The van der Waals surface area contributed by atoms with Crippen LogP contribution in [0.3, 0.4) is 0 Å². The predicted octanol–water partition coefficient (Wildman–Crippen LogP) is 2.90. The van der Waals surface area contributed by atoms with Crippen molar-refractivity contribution in [2.24, 2.45) is 0 Å². The summed E-state index contributed by atoms with van der Waals surface area (Å²) < 4.78 is 1.57. The molecule has 7 nitrogen and oxygen atoms in total. The maximum atomic E-state index is 12.3. The van der Waals surface area contributed by atoms with E-state index in [1.54, 1.807) is 33.4 Å². The fraction of sp³-hybridized carbons (Fsp3) is 0.235. The lowest BCUT2D eigenvalue weighted by Gasteiger charge is -2.00. The molecule has 0 saturated carbocycles. The first-order valence-corrected chi connectivity index (χ1v) is 9.77. The van der Waals surface area contributed by atoms with Gasteiger partial charge < -0.3 is 5.32 Å². The molecule has 0 radical (unpaired) electrons. The standard InChI is InChI=1S/C17H16N6OS2/c1-10-5-7-19-17-21-15(22-23(10)17)16(24)18-8-6-12-3-4-14(26-12)13-9-25-11(2)20-13/h3-5,7,9H,6,8H2,1-2H3,(H,18,24). The summed E-state index contributed by atoms with van der Waals surface area (Å²) in [5.74, 6) is 0.273. The van der Waals surface area contributed by atoms with E-state index in [2.05, 4.69) is 42.9 Å². The molecule has 0 spiro atoms. The number of fused-ring (bicyclic) bond motifs is 1. The van der Waals surface area contributed by atoms with Gasteiger partial charge in [0.1, 0.15) is 0 Å². The Balaban J connectivity index is 1.37. The van der Waals surface area contributed by atoms with Crippen LogP contribution < -0.4 is 5.32 Å². The normalized spacial score (nSPS) is 11.2. The summed E-state index contributed by atoms with van der Waals surface area (Å²) in [7, 11) is 0. The highest BCUT2D eigenvalue weighted by molar-refractivity contribution is 7.16. The van der Waals surface area contributed by atoms with Crippen molar-refractivity contribution >= 4 is 34.4 Å². The van der Waals surface area contributed by atoms with E-state index in [0.29, 0.717) is 12.3 Å². The van der Waals surface area contributed by atoms with Crippen molar-refractivity contribution in [2.75, 3.05) is 6.54 Å². The average molecular weight is 384 g/mol. The fourth-order valence-electron chi connectivity index (χ4n) is 2.51. The number of hydrogen-bond donors (Lipinski definition) is 1. The number of amides is 1. The molecule has 0 aliphatic carbocycles. The Hall–Kier alpha value is -2.65. The molecule has 0 atom stereocenters. The van der Waals surface area contributed by atoms with Gasteiger partial charge in [-0.1, -0.05) is 0 Å². The van der Waals surface area contributed by atoms with Crippen molar-refractivity contribution in [3.63, 3.8) is 0 Å². The van der Waals surface area contributed by atoms with E-state index >= 15 is 0 Å². The SMILES string of the molecule is Cc1nc(-c2ccc(CCNC(=O)c3nc4nccc(C)n4n3)s2)cs1. The first kappa shape index (κ1) is 16.8. The number of nitrogens with zero attached hydrogens (tertiary/aromatic N) is 5. The molecule has 0 aromatic carbocycles. The van der Waals surface area contributed by atoms with Gasteiger partial charge in [-0.25, -0.2) is 14.5 Å². The minimum atomic E-state index is -0.290. The topological polar surface area (TPSA) is 85.1 Å². The van der Waals surface area contributed by atoms with Crippen LogP contribution in [0.25, 0.3) is 16.3 Å². The number of aryl methyl sites for hydroxylation is 2. The van der Waals surface area contributed by atoms with E-state index in [-0.39, 0.29) is 11.7 Å². The van der Waals surface area contributed by atoms with Crippen molar-refractivity contribution in [3.05, 3.63) is 51.2 Å². The Labute approximate surface area is 157 Å². The molecule has 132 valence electrons. The van der Waals surface area contributed by atoms with E-state index < -0.39 is 0 Å². The number of nitrogens with one attached hydrogen (secondary N) is 1. The summed E-state index contributed by atoms with van der Waals surface area (Å²) >= 11 is 3.35. The van der Waals surface area contributed by atoms with Crippen LogP contribution in [-0.2, 0) is 6.42 Å². The van der Waals surface area contributed by atoms with Crippen LogP contribution in [-0.4, -0.2) is 37.0 Å². The second kappa shape index (κ2) is 6.93. The molecule has 0 aliphatic heterocycles. The lowest BCUT2D eigenvalue weighted by atomic mass is 10.3. The fourth-order valence-corrected chi connectivity index (χ4v) is 4.16. The van der Waals surface area contributed by atoms with Crippen molar-refractivity contribution in [3.8, 4) is 10.6 Å². The molecule has 4 aromatic rings. The average Bonchev–Trinajstić information content (AvgIpc) is 3.34. The van der Waals surface area contributed by atoms with E-state index in [9.17, 15) is 4.79 Å². The van der Waals surface area contributed by atoms with E-state index in [1.807, 2.05) is 19.9 Å². The molecule has 4 aromatic heterocycles. The third-order valence-corrected chi connectivity index (χ3v) is 5.76. The van der Waals surface area contributed by atoms with Crippen LogP contribution in [0.4, 0.5) is 0 Å². The third kappa shape index (κ3) is 3.35. The Morgan fingerprint density at radius 2 is 2.12 bits per heavy atom. The zero-order valence-electron chi connectivity index (χ0n) is 14.3. The second-order valence-corrected chi connectivity index (χ2v) is 7.99. The van der Waals surface area contributed by atoms with Crippen LogP contribution in [0, 0.1) is 13.8 Å². The Morgan fingerprint density at radius 3 is 2.88 bits per heavy atom. The molecule has 9 heteroatoms. The summed E-state index contributed by atoms with van der Waals surface area (Å²) in [4.78, 5) is 27.4. The first-order valence-electron chi connectivity index (χ1n) is 8.08. The molecule has 4 rings (SSSR count). The largest absolute Gasteiger partial charge is 0.349 e. The van der Waals surface area contributed by atoms with Crippen molar-refractivity contribution in [1.29, 1.82) is 0 Å². The maximum Gasteiger partial charge on any atom is 0.291 e. The smallest absolute Gasteiger partial charge is 0.291 e. The van der Waals surface area contributed by atoms with Gasteiger partial charge in [0.05, 0.1) is 15.6 Å². The van der Waals surface area contributed by atoms with Crippen LogP contribution in [0.5, 0.6) is 0 Å². The third-order valence-electron chi connectivity index (χ3n) is 3.82. The minimum Gasteiger partial charge on any atom is -0.349 e. The highest BCUT2D eigenvalue weighted by Gasteiger charge is 2.14. The zero-order chi connectivity index (χ0) is 18.1. The van der Waals surface area contributed by atoms with Gasteiger partial charge in [0, 0.05) is 28.7 Å². The number of hydrogen-bond acceptors (Lipinski definition) is 7. The molecule has 26 heavy (non-hydrogen) atoms. The molecule has 4 heterocycles. The Bertz CT molecular complexity index is 1080. The van der Waals surface area contributed by atoms with Crippen molar-refractivity contribution in [1.82, 2.24) is 29.9 Å². The Morgan fingerprint density at radius 1 is 1.23 bits per heavy atom. The first-order chi connectivity index (χ1) is 12.6. The molecule has 0 unspecified atom stereocenters. The Kier molecular flexibility index (Phi) is 4.48. The lowest BCUT2D eigenvalue weighted by molar-refractivity contribution is 0.0944. The van der Waals surface area contributed by atoms with Gasteiger partial charge in [-0.05, 0) is 38.5 Å². The molecule has 0 bridgehead atoms. The number of aromatic nitrogens is 5. The maximum absolute atomic E-state index is 12.3. The summed E-state index contributed by atoms with van der Waals surface area (Å²) in [5, 5.41) is 10.2. The quantitative estimate of drug-likeness (QED) is 0.572. The van der Waals surface area contributed by atoms with Gasteiger partial charge in [0.25, 0.3) is 11.7 Å². The van der Waals surface area contributed by atoms with Crippen LogP contribution in [0.2, 0.25) is 0 Å². The minimum absolute atomic E-state index is 0.136. The lowest BCUT2D eigenvalue weighted by Crippen LogP contribution is -2.26. The number of thiophene rings is 1. The summed E-state index contributed by atoms with van der Waals surface area (Å²) in [6.45, 7) is 4.42. The summed E-state index contributed by atoms with van der Waals surface area (Å²) in [6.07, 6.45) is 2.41. The van der Waals surface area contributed by atoms with Gasteiger partial charge in [-0.2, -0.15) is 4.98 Å². The number of thiazole rings is 1. The van der Waals surface area contributed by atoms with Gasteiger partial charge in [0.2, 0.25) is 5.82 Å². The van der Waals surface area contributed by atoms with Crippen molar-refractivity contribution in [2.45, 2.75) is 20.3 Å².